The van der Waals surface area contributed by atoms with Gasteiger partial charge in [0.25, 0.3) is 5.91 Å². The highest BCUT2D eigenvalue weighted by Gasteiger charge is 2.29. The van der Waals surface area contributed by atoms with E-state index in [4.69, 9.17) is 4.52 Å². The molecule has 3 rings (SSSR count). The van der Waals surface area contributed by atoms with E-state index in [0.29, 0.717) is 29.5 Å². The van der Waals surface area contributed by atoms with Crippen LogP contribution in [0, 0.1) is 12.8 Å². The van der Waals surface area contributed by atoms with Gasteiger partial charge in [-0.25, -0.2) is 0 Å². The van der Waals surface area contributed by atoms with Gasteiger partial charge in [-0.3, -0.25) is 9.59 Å². The van der Waals surface area contributed by atoms with Crippen LogP contribution in [0.5, 0.6) is 0 Å². The van der Waals surface area contributed by atoms with E-state index in [-0.39, 0.29) is 23.8 Å². The Morgan fingerprint density at radius 3 is 2.61 bits per heavy atom. The Labute approximate surface area is 167 Å². The Morgan fingerprint density at radius 1 is 1.21 bits per heavy atom. The van der Waals surface area contributed by atoms with Crippen molar-refractivity contribution in [3.63, 3.8) is 0 Å². The average molecular weight is 391 g/mol. The van der Waals surface area contributed by atoms with Crippen molar-refractivity contribution in [2.24, 2.45) is 5.92 Å². The van der Waals surface area contributed by atoms with Gasteiger partial charge in [0.2, 0.25) is 5.91 Å². The fourth-order valence-corrected chi connectivity index (χ4v) is 4.56. The fraction of sp³-hybridized carbons (Fsp3) is 0.762. The van der Waals surface area contributed by atoms with Gasteiger partial charge in [0.1, 0.15) is 11.3 Å². The van der Waals surface area contributed by atoms with E-state index < -0.39 is 0 Å². The van der Waals surface area contributed by atoms with E-state index >= 15 is 0 Å². The van der Waals surface area contributed by atoms with Crippen LogP contribution in [0.1, 0.15) is 73.7 Å². The van der Waals surface area contributed by atoms with E-state index in [1.807, 2.05) is 6.92 Å². The molecule has 2 fully saturated rings. The van der Waals surface area contributed by atoms with Gasteiger partial charge in [0, 0.05) is 24.5 Å². The third kappa shape index (κ3) is 4.93. The molecule has 2 aliphatic rings. The smallest absolute Gasteiger partial charge is 0.257 e. The number of carbonyl (C=O) groups is 2. The van der Waals surface area contributed by atoms with Gasteiger partial charge in [-0.1, -0.05) is 12.1 Å². The SMILES string of the molecule is CCc1noc(C)c1C(=O)NC1CCC(C(=O)NCCC2CCCN2C)CC1. The number of aryl methyl sites for hydroxylation is 2. The van der Waals surface area contributed by atoms with E-state index in [9.17, 15) is 9.59 Å². The van der Waals surface area contributed by atoms with Crippen molar-refractivity contribution >= 4 is 11.8 Å². The van der Waals surface area contributed by atoms with Gasteiger partial charge in [-0.2, -0.15) is 0 Å². The highest BCUT2D eigenvalue weighted by atomic mass is 16.5. The van der Waals surface area contributed by atoms with Gasteiger partial charge in [-0.15, -0.1) is 0 Å². The quantitative estimate of drug-likeness (QED) is 0.747. The first kappa shape index (κ1) is 20.8. The average Bonchev–Trinajstić information content (AvgIpc) is 3.27. The molecule has 2 amide bonds. The summed E-state index contributed by atoms with van der Waals surface area (Å²) >= 11 is 0. The van der Waals surface area contributed by atoms with E-state index in [1.165, 1.54) is 19.4 Å². The lowest BCUT2D eigenvalue weighted by Crippen LogP contribution is -2.41. The number of aromatic nitrogens is 1. The monoisotopic (exact) mass is 390 g/mol. The van der Waals surface area contributed by atoms with Gasteiger partial charge in [0.15, 0.2) is 0 Å². The molecule has 2 N–H and O–H groups in total. The lowest BCUT2D eigenvalue weighted by atomic mass is 9.85. The molecule has 1 aliphatic carbocycles. The Balaban J connectivity index is 1.39. The molecule has 1 aromatic rings. The van der Waals surface area contributed by atoms with Gasteiger partial charge >= 0.3 is 0 Å². The summed E-state index contributed by atoms with van der Waals surface area (Å²) in [4.78, 5) is 27.4. The first-order valence-electron chi connectivity index (χ1n) is 10.7. The normalized spacial score (nSPS) is 25.6. The highest BCUT2D eigenvalue weighted by molar-refractivity contribution is 5.96. The van der Waals surface area contributed by atoms with Crippen molar-refractivity contribution in [2.75, 3.05) is 20.1 Å². The second-order valence-electron chi connectivity index (χ2n) is 8.29. The molecule has 156 valence electrons. The molecule has 7 heteroatoms. The number of hydrogen-bond donors (Lipinski definition) is 2. The third-order valence-corrected chi connectivity index (χ3v) is 6.38. The lowest BCUT2D eigenvalue weighted by molar-refractivity contribution is -0.126. The van der Waals surface area contributed by atoms with Gasteiger partial charge < -0.3 is 20.1 Å². The van der Waals surface area contributed by atoms with Gasteiger partial charge in [-0.05, 0) is 71.9 Å². The summed E-state index contributed by atoms with van der Waals surface area (Å²) in [6.07, 6.45) is 7.52. The van der Waals surface area contributed by atoms with Crippen molar-refractivity contribution in [1.82, 2.24) is 20.7 Å². The molecule has 1 atom stereocenters. The molecule has 0 radical (unpaired) electrons. The maximum atomic E-state index is 12.6. The maximum absolute atomic E-state index is 12.6. The van der Waals surface area contributed by atoms with Crippen LogP contribution in [0.2, 0.25) is 0 Å². The Hall–Kier alpha value is -1.89. The summed E-state index contributed by atoms with van der Waals surface area (Å²) in [5.74, 6) is 0.700. The molecule has 0 aromatic carbocycles. The minimum atomic E-state index is -0.107. The molecule has 1 saturated carbocycles. The number of hydrogen-bond acceptors (Lipinski definition) is 5. The first-order chi connectivity index (χ1) is 13.5. The third-order valence-electron chi connectivity index (χ3n) is 6.38. The molecule has 0 spiro atoms. The molecule has 1 aliphatic heterocycles. The van der Waals surface area contributed by atoms with Crippen molar-refractivity contribution in [1.29, 1.82) is 0 Å². The Morgan fingerprint density at radius 2 is 1.96 bits per heavy atom. The predicted octanol–water partition coefficient (Wildman–Crippen LogP) is 2.43. The van der Waals surface area contributed by atoms with Crippen LogP contribution in [0.3, 0.4) is 0 Å². The number of likely N-dealkylation sites (tertiary alicyclic amines) is 1. The molecule has 1 unspecified atom stereocenters. The first-order valence-corrected chi connectivity index (χ1v) is 10.7. The maximum Gasteiger partial charge on any atom is 0.257 e. The minimum absolute atomic E-state index is 0.0676. The number of nitrogens with one attached hydrogen (secondary N) is 2. The topological polar surface area (TPSA) is 87.5 Å². The van der Waals surface area contributed by atoms with Crippen molar-refractivity contribution in [2.45, 2.75) is 77.3 Å². The molecule has 0 bridgehead atoms. The zero-order chi connectivity index (χ0) is 20.1. The zero-order valence-electron chi connectivity index (χ0n) is 17.4. The molecule has 28 heavy (non-hydrogen) atoms. The molecule has 2 heterocycles. The van der Waals surface area contributed by atoms with Crippen molar-refractivity contribution in [3.05, 3.63) is 17.0 Å². The molecule has 1 saturated heterocycles. The van der Waals surface area contributed by atoms with E-state index in [0.717, 1.165) is 38.6 Å². The fourth-order valence-electron chi connectivity index (χ4n) is 4.56. The number of amides is 2. The number of nitrogens with zero attached hydrogens (tertiary/aromatic N) is 2. The van der Waals surface area contributed by atoms with Crippen LogP contribution in [0.15, 0.2) is 4.52 Å². The van der Waals surface area contributed by atoms with E-state index in [2.05, 4.69) is 27.7 Å². The van der Waals surface area contributed by atoms with Crippen LogP contribution >= 0.6 is 0 Å². The van der Waals surface area contributed by atoms with Crippen molar-refractivity contribution in [3.8, 4) is 0 Å². The number of rotatable bonds is 7. The second-order valence-corrected chi connectivity index (χ2v) is 8.29. The molecule has 7 nitrogen and oxygen atoms in total. The molecular weight excluding hydrogens is 356 g/mol. The minimum Gasteiger partial charge on any atom is -0.361 e. The largest absolute Gasteiger partial charge is 0.361 e. The summed E-state index contributed by atoms with van der Waals surface area (Å²) in [6, 6.07) is 0.725. The predicted molar refractivity (Wildman–Crippen MR) is 107 cm³/mol. The number of carbonyl (C=O) groups excluding carboxylic acids is 2. The summed E-state index contributed by atoms with van der Waals surface area (Å²) in [7, 11) is 2.17. The van der Waals surface area contributed by atoms with Crippen molar-refractivity contribution < 1.29 is 14.1 Å². The second kappa shape index (κ2) is 9.54. The molecular formula is C21H34N4O3. The Kier molecular flexibility index (Phi) is 7.10. The van der Waals surface area contributed by atoms with Crippen LogP contribution < -0.4 is 10.6 Å². The standard InChI is InChI=1S/C21H34N4O3/c1-4-18-19(14(2)28-24-18)21(27)23-16-9-7-15(8-10-16)20(26)22-12-11-17-6-5-13-25(17)3/h15-17H,4-13H2,1-3H3,(H,22,26)(H,23,27). The lowest BCUT2D eigenvalue weighted by Gasteiger charge is -2.28. The highest BCUT2D eigenvalue weighted by Crippen LogP contribution is 2.25. The van der Waals surface area contributed by atoms with Crippen LogP contribution in [-0.4, -0.2) is 54.1 Å². The Bertz CT molecular complexity index is 679. The van der Waals surface area contributed by atoms with Crippen LogP contribution in [-0.2, 0) is 11.2 Å². The zero-order valence-corrected chi connectivity index (χ0v) is 17.4. The van der Waals surface area contributed by atoms with E-state index in [1.54, 1.807) is 6.92 Å². The summed E-state index contributed by atoms with van der Waals surface area (Å²) in [5, 5.41) is 10.2. The van der Waals surface area contributed by atoms with Crippen LogP contribution in [0.25, 0.3) is 0 Å². The summed E-state index contributed by atoms with van der Waals surface area (Å²) in [6.45, 7) is 5.66. The van der Waals surface area contributed by atoms with Gasteiger partial charge in [0.05, 0.1) is 5.69 Å². The van der Waals surface area contributed by atoms with Crippen LogP contribution in [0.4, 0.5) is 0 Å². The molecule has 1 aromatic heterocycles. The summed E-state index contributed by atoms with van der Waals surface area (Å²) in [5.41, 5.74) is 1.27. The summed E-state index contributed by atoms with van der Waals surface area (Å²) < 4.78 is 5.16.